The predicted molar refractivity (Wildman–Crippen MR) is 134 cm³/mol. The monoisotopic (exact) mass is 569 g/mol. The first-order chi connectivity index (χ1) is 18.4. The van der Waals surface area contributed by atoms with Crippen molar-refractivity contribution in [3.63, 3.8) is 0 Å². The molecule has 14 heteroatoms. The minimum atomic E-state index is -5.08. The molecule has 0 spiro atoms. The average Bonchev–Trinajstić information content (AvgIpc) is 3.52. The molecule has 0 amide bonds. The Bertz CT molecular complexity index is 1530. The van der Waals surface area contributed by atoms with E-state index in [2.05, 4.69) is 20.5 Å². The summed E-state index contributed by atoms with van der Waals surface area (Å²) >= 11 is 1.03. The lowest BCUT2D eigenvalue weighted by molar-refractivity contribution is -0.143. The Kier molecular flexibility index (Phi) is 7.03. The topological polar surface area (TPSA) is 97.3 Å². The van der Waals surface area contributed by atoms with Crippen molar-refractivity contribution in [2.24, 2.45) is 0 Å². The summed E-state index contributed by atoms with van der Waals surface area (Å²) in [6.45, 7) is 1.33. The van der Waals surface area contributed by atoms with Crippen LogP contribution in [0.25, 0.3) is 22.6 Å². The van der Waals surface area contributed by atoms with Crippen LogP contribution in [0, 0.1) is 0 Å². The number of benzene rings is 2. The van der Waals surface area contributed by atoms with Crippen LogP contribution < -0.4 is 10.2 Å². The number of hydrogen-bond acceptors (Lipinski definition) is 7. The quantitative estimate of drug-likeness (QED) is 0.197. The zero-order chi connectivity index (χ0) is 27.9. The van der Waals surface area contributed by atoms with Crippen molar-refractivity contribution in [1.82, 2.24) is 20.5 Å². The number of aliphatic hydroxyl groups excluding tert-OH is 1. The van der Waals surface area contributed by atoms with E-state index in [9.17, 15) is 36.6 Å². The van der Waals surface area contributed by atoms with Gasteiger partial charge in [-0.25, -0.2) is 0 Å². The van der Waals surface area contributed by atoms with Crippen molar-refractivity contribution in [1.29, 1.82) is 0 Å². The van der Waals surface area contributed by atoms with Crippen molar-refractivity contribution in [3.05, 3.63) is 69.7 Å². The highest BCUT2D eigenvalue weighted by Gasteiger charge is 2.38. The third-order valence-corrected chi connectivity index (χ3v) is 7.46. The van der Waals surface area contributed by atoms with Gasteiger partial charge in [0.1, 0.15) is 4.88 Å². The molecular weight excluding hydrogens is 548 g/mol. The van der Waals surface area contributed by atoms with Crippen molar-refractivity contribution in [3.8, 4) is 5.88 Å². The van der Waals surface area contributed by atoms with Crippen LogP contribution in [0.1, 0.15) is 27.1 Å². The second-order valence-corrected chi connectivity index (χ2v) is 9.93. The lowest BCUT2D eigenvalue weighted by Gasteiger charge is -2.32. The van der Waals surface area contributed by atoms with E-state index in [0.29, 0.717) is 47.3 Å². The second-order valence-electron chi connectivity index (χ2n) is 8.96. The summed E-state index contributed by atoms with van der Waals surface area (Å²) in [4.78, 5) is 6.19. The van der Waals surface area contributed by atoms with Crippen LogP contribution in [-0.2, 0) is 12.4 Å². The maximum atomic E-state index is 13.9. The highest BCUT2D eigenvalue weighted by atomic mass is 32.1. The molecule has 2 aromatic heterocycles. The molecule has 0 aliphatic carbocycles. The molecule has 206 valence electrons. The standard InChI is InChI=1S/C25H21F6N5O2S/c26-24(27,28)16-3-1-14(19(9-16)25(29,30)31)8-18(13-2-4-20-15(7-13)10-33-35-20)21-22(38)34-23(39-21)36-6-5-32-17(11-36)12-37/h1-4,7-10,17,32,37-38H,5-6,11-12H2,(H,33,35). The maximum Gasteiger partial charge on any atom is 0.417 e. The van der Waals surface area contributed by atoms with Gasteiger partial charge in [0, 0.05) is 36.6 Å². The van der Waals surface area contributed by atoms with Crippen LogP contribution in [0.15, 0.2) is 42.6 Å². The normalized spacial score (nSPS) is 17.3. The van der Waals surface area contributed by atoms with Gasteiger partial charge in [-0.3, -0.25) is 5.10 Å². The number of rotatable bonds is 5. The van der Waals surface area contributed by atoms with Gasteiger partial charge in [0.15, 0.2) is 5.13 Å². The zero-order valence-corrected chi connectivity index (χ0v) is 20.8. The Hall–Kier alpha value is -3.62. The Balaban J connectivity index is 1.67. The molecule has 39 heavy (non-hydrogen) atoms. The molecule has 3 heterocycles. The Morgan fingerprint density at radius 2 is 1.90 bits per heavy atom. The number of H-pyrrole nitrogens is 1. The van der Waals surface area contributed by atoms with Gasteiger partial charge in [-0.15, -0.1) is 0 Å². The number of piperazine rings is 1. The summed E-state index contributed by atoms with van der Waals surface area (Å²) in [5.74, 6) is -0.437. The first-order valence-electron chi connectivity index (χ1n) is 11.7. The van der Waals surface area contributed by atoms with Gasteiger partial charge >= 0.3 is 12.4 Å². The molecule has 1 fully saturated rings. The molecule has 1 unspecified atom stereocenters. The van der Waals surface area contributed by atoms with Crippen molar-refractivity contribution in [2.45, 2.75) is 18.4 Å². The van der Waals surface area contributed by atoms with E-state index in [1.54, 1.807) is 18.2 Å². The van der Waals surface area contributed by atoms with Gasteiger partial charge in [-0.2, -0.15) is 36.4 Å². The number of nitrogens with one attached hydrogen (secondary N) is 2. The summed E-state index contributed by atoms with van der Waals surface area (Å²) in [7, 11) is 0. The molecule has 0 bridgehead atoms. The minimum Gasteiger partial charge on any atom is -0.492 e. The average molecular weight is 570 g/mol. The highest BCUT2D eigenvalue weighted by molar-refractivity contribution is 7.17. The van der Waals surface area contributed by atoms with Gasteiger partial charge in [0.05, 0.1) is 29.4 Å². The number of aromatic hydroxyl groups is 1. The zero-order valence-electron chi connectivity index (χ0n) is 19.9. The van der Waals surface area contributed by atoms with Gasteiger partial charge in [0.2, 0.25) is 5.88 Å². The largest absolute Gasteiger partial charge is 0.492 e. The first-order valence-corrected chi connectivity index (χ1v) is 12.5. The van der Waals surface area contributed by atoms with Gasteiger partial charge < -0.3 is 20.4 Å². The molecule has 4 aromatic rings. The molecule has 0 saturated carbocycles. The molecule has 4 N–H and O–H groups in total. The van der Waals surface area contributed by atoms with Gasteiger partial charge in [-0.1, -0.05) is 23.5 Å². The van der Waals surface area contributed by atoms with E-state index >= 15 is 0 Å². The predicted octanol–water partition coefficient (Wildman–Crippen LogP) is 5.12. The Labute approximate surface area is 221 Å². The van der Waals surface area contributed by atoms with Crippen LogP contribution in [0.5, 0.6) is 5.88 Å². The second kappa shape index (κ2) is 10.2. The fourth-order valence-electron chi connectivity index (χ4n) is 4.38. The Morgan fingerprint density at radius 1 is 1.10 bits per heavy atom. The highest BCUT2D eigenvalue weighted by Crippen LogP contribution is 2.43. The van der Waals surface area contributed by atoms with E-state index in [0.717, 1.165) is 23.5 Å². The smallest absolute Gasteiger partial charge is 0.417 e. The summed E-state index contributed by atoms with van der Waals surface area (Å²) in [6, 6.07) is 6.12. The van der Waals surface area contributed by atoms with Crippen LogP contribution in [0.4, 0.5) is 31.5 Å². The molecule has 1 atom stereocenters. The number of aliphatic hydroxyl groups is 1. The number of halogens is 6. The Morgan fingerprint density at radius 3 is 2.62 bits per heavy atom. The number of nitrogens with zero attached hydrogens (tertiary/aromatic N) is 3. The summed E-state index contributed by atoms with van der Waals surface area (Å²) in [5, 5.41) is 31.2. The van der Waals surface area contributed by atoms with E-state index in [4.69, 9.17) is 0 Å². The summed E-state index contributed by atoms with van der Waals surface area (Å²) in [5.41, 5.74) is -2.19. The summed E-state index contributed by atoms with van der Waals surface area (Å²) in [6.07, 6.45) is -7.41. The third kappa shape index (κ3) is 5.58. The number of aromatic amines is 1. The molecule has 7 nitrogen and oxygen atoms in total. The maximum absolute atomic E-state index is 13.9. The molecule has 2 aromatic carbocycles. The number of anilines is 1. The number of hydrogen-bond donors (Lipinski definition) is 4. The summed E-state index contributed by atoms with van der Waals surface area (Å²) < 4.78 is 81.5. The van der Waals surface area contributed by atoms with Crippen LogP contribution in [-0.4, -0.2) is 57.7 Å². The molecule has 1 saturated heterocycles. The van der Waals surface area contributed by atoms with Crippen molar-refractivity contribution >= 4 is 39.0 Å². The minimum absolute atomic E-state index is 0.0798. The third-order valence-electron chi connectivity index (χ3n) is 6.33. The molecule has 0 radical (unpaired) electrons. The fraction of sp³-hybridized carbons (Fsp3) is 0.280. The van der Waals surface area contributed by atoms with Crippen LogP contribution >= 0.6 is 11.3 Å². The molecular formula is C25H21F6N5O2S. The van der Waals surface area contributed by atoms with Crippen molar-refractivity contribution < 1.29 is 36.6 Å². The fourth-order valence-corrected chi connectivity index (χ4v) is 5.42. The lowest BCUT2D eigenvalue weighted by Crippen LogP contribution is -2.52. The van der Waals surface area contributed by atoms with Gasteiger partial charge in [-0.05, 0) is 41.5 Å². The number of fused-ring (bicyclic) bond motifs is 1. The van der Waals surface area contributed by atoms with Crippen LogP contribution in [0.3, 0.4) is 0 Å². The number of aromatic nitrogens is 3. The lowest BCUT2D eigenvalue weighted by atomic mass is 9.96. The van der Waals surface area contributed by atoms with Crippen molar-refractivity contribution in [2.75, 3.05) is 31.1 Å². The first kappa shape index (κ1) is 27.0. The molecule has 1 aliphatic rings. The molecule has 1 aliphatic heterocycles. The number of alkyl halides is 6. The van der Waals surface area contributed by atoms with E-state index in [1.807, 2.05) is 4.90 Å². The number of thiazole rings is 1. The SMILES string of the molecule is OCC1CN(c2nc(O)c(C(=Cc3ccc(C(F)(F)F)cc3C(F)(F)F)c3ccc4[nH]ncc4c3)s2)CCN1. The van der Waals surface area contributed by atoms with E-state index < -0.39 is 34.9 Å². The molecule has 5 rings (SSSR count). The van der Waals surface area contributed by atoms with E-state index in [-0.39, 0.29) is 29.2 Å². The van der Waals surface area contributed by atoms with Crippen LogP contribution in [0.2, 0.25) is 0 Å². The van der Waals surface area contributed by atoms with E-state index in [1.165, 1.54) is 6.20 Å². The van der Waals surface area contributed by atoms with Gasteiger partial charge in [0.25, 0.3) is 0 Å².